The van der Waals surface area contributed by atoms with Crippen LogP contribution >= 0.6 is 0 Å². The maximum Gasteiger partial charge on any atom is 0.573 e. The van der Waals surface area contributed by atoms with Gasteiger partial charge in [-0.1, -0.05) is 35.5 Å². The number of aliphatic hydroxyl groups is 1. The first-order valence-electron chi connectivity index (χ1n) is 13.6. The van der Waals surface area contributed by atoms with E-state index in [1.54, 1.807) is 0 Å². The van der Waals surface area contributed by atoms with Crippen molar-refractivity contribution in [3.8, 4) is 34.5 Å². The van der Waals surface area contributed by atoms with Gasteiger partial charge in [0.1, 0.15) is 18.1 Å². The topological polar surface area (TPSA) is 98.7 Å². The number of ether oxygens (including phenoxy) is 2. The number of halogens is 3. The van der Waals surface area contributed by atoms with Crippen LogP contribution < -0.4 is 9.47 Å². The van der Waals surface area contributed by atoms with E-state index in [-0.39, 0.29) is 23.6 Å². The van der Waals surface area contributed by atoms with Crippen LogP contribution in [0.4, 0.5) is 13.2 Å². The Balaban J connectivity index is 1.14. The summed E-state index contributed by atoms with van der Waals surface area (Å²) in [5, 5.41) is 19.3. The van der Waals surface area contributed by atoms with Gasteiger partial charge in [-0.05, 0) is 60.9 Å². The summed E-state index contributed by atoms with van der Waals surface area (Å²) in [6, 6.07) is 20.8. The molecule has 1 N–H and O–H groups in total. The fraction of sp³-hybridized carbons (Fsp3) is 0.300. The lowest BCUT2D eigenvalue weighted by Gasteiger charge is -2.29. The first-order valence-corrected chi connectivity index (χ1v) is 13.6. The Hall–Kier alpha value is -4.42. The summed E-state index contributed by atoms with van der Waals surface area (Å²) in [6.45, 7) is 3.69. The van der Waals surface area contributed by atoms with Gasteiger partial charge in [0.2, 0.25) is 5.82 Å². The summed E-state index contributed by atoms with van der Waals surface area (Å²) in [4.78, 5) is 6.76. The molecule has 12 heteroatoms. The summed E-state index contributed by atoms with van der Waals surface area (Å²) < 4.78 is 54.6. The second-order valence-corrected chi connectivity index (χ2v) is 10.1. The molecule has 0 radical (unpaired) electrons. The molecule has 5 aromatic rings. The van der Waals surface area contributed by atoms with Gasteiger partial charge in [-0.25, -0.2) is 0 Å². The Labute approximate surface area is 239 Å². The molecule has 2 aromatic heterocycles. The summed E-state index contributed by atoms with van der Waals surface area (Å²) >= 11 is 0. The number of likely N-dealkylation sites (tertiary alicyclic amines) is 1. The van der Waals surface area contributed by atoms with Gasteiger partial charge in [0.15, 0.2) is 5.69 Å². The third-order valence-electron chi connectivity index (χ3n) is 7.12. The Morgan fingerprint density at radius 3 is 2.38 bits per heavy atom. The van der Waals surface area contributed by atoms with Crippen LogP contribution in [0.1, 0.15) is 18.4 Å². The molecule has 218 valence electrons. The number of rotatable bonds is 9. The van der Waals surface area contributed by atoms with Crippen molar-refractivity contribution in [1.29, 1.82) is 0 Å². The normalized spacial score (nSPS) is 14.9. The number of alkyl halides is 3. The molecule has 0 aliphatic carbocycles. The van der Waals surface area contributed by atoms with Crippen molar-refractivity contribution < 1.29 is 32.3 Å². The molecule has 0 saturated carbocycles. The molecule has 0 unspecified atom stereocenters. The van der Waals surface area contributed by atoms with E-state index >= 15 is 0 Å². The van der Waals surface area contributed by atoms with Crippen LogP contribution in [0.5, 0.6) is 11.5 Å². The Bertz CT molecular complexity index is 1630. The highest BCUT2D eigenvalue weighted by Gasteiger charge is 2.31. The summed E-state index contributed by atoms with van der Waals surface area (Å²) in [7, 11) is 0. The predicted octanol–water partition coefficient (Wildman–Crippen LogP) is 5.54. The van der Waals surface area contributed by atoms with Crippen LogP contribution in [0.2, 0.25) is 0 Å². The smallest absolute Gasteiger partial charge is 0.492 e. The zero-order valence-corrected chi connectivity index (χ0v) is 22.5. The molecule has 0 bridgehead atoms. The van der Waals surface area contributed by atoms with Crippen LogP contribution in [-0.2, 0) is 6.54 Å². The number of para-hydroxylation sites is 1. The minimum atomic E-state index is -4.77. The standard InChI is InChI=1S/C30H28F3N5O4/c31-30(32,33)41-24-11-7-21(8-12-24)28-34-29(42-36-28)27-25-3-1-2-4-26(25)38(35-27)19-20-5-9-23(10-6-20)40-18-17-37-15-13-22(39)14-16-37/h1-12,22,39H,13-19H2. The van der Waals surface area contributed by atoms with Crippen LogP contribution in [0.3, 0.4) is 0 Å². The highest BCUT2D eigenvalue weighted by molar-refractivity contribution is 5.91. The molecule has 3 heterocycles. The molecule has 9 nitrogen and oxygen atoms in total. The molecule has 0 spiro atoms. The van der Waals surface area contributed by atoms with E-state index in [1.165, 1.54) is 24.3 Å². The second-order valence-electron chi connectivity index (χ2n) is 10.1. The maximum atomic E-state index is 12.5. The quantitative estimate of drug-likeness (QED) is 0.243. The molecular formula is C30H28F3N5O4. The number of fused-ring (bicyclic) bond motifs is 1. The van der Waals surface area contributed by atoms with Gasteiger partial charge >= 0.3 is 6.36 Å². The number of aromatic nitrogens is 4. The number of piperidine rings is 1. The fourth-order valence-corrected chi connectivity index (χ4v) is 4.95. The molecule has 1 saturated heterocycles. The lowest BCUT2D eigenvalue weighted by atomic mass is 10.1. The third-order valence-corrected chi connectivity index (χ3v) is 7.12. The average molecular weight is 580 g/mol. The fourth-order valence-electron chi connectivity index (χ4n) is 4.95. The SMILES string of the molecule is OC1CCN(CCOc2ccc(Cn3nc(-c4nc(-c5ccc(OC(F)(F)F)cc5)no4)c4ccccc43)cc2)CC1. The minimum absolute atomic E-state index is 0.182. The van der Waals surface area contributed by atoms with Crippen LogP contribution in [0.25, 0.3) is 33.9 Å². The van der Waals surface area contributed by atoms with E-state index < -0.39 is 6.36 Å². The number of aliphatic hydroxyl groups excluding tert-OH is 1. The van der Waals surface area contributed by atoms with Crippen molar-refractivity contribution in [2.24, 2.45) is 0 Å². The molecule has 6 rings (SSSR count). The van der Waals surface area contributed by atoms with Crippen molar-refractivity contribution in [2.45, 2.75) is 31.9 Å². The van der Waals surface area contributed by atoms with Crippen molar-refractivity contribution in [3.05, 3.63) is 78.4 Å². The highest BCUT2D eigenvalue weighted by Crippen LogP contribution is 2.30. The summed E-state index contributed by atoms with van der Waals surface area (Å²) in [6.07, 6.45) is -3.33. The Morgan fingerprint density at radius 2 is 1.64 bits per heavy atom. The van der Waals surface area contributed by atoms with Crippen LogP contribution in [0, 0.1) is 0 Å². The van der Waals surface area contributed by atoms with E-state index in [9.17, 15) is 18.3 Å². The van der Waals surface area contributed by atoms with Gasteiger partial charge in [0.25, 0.3) is 5.89 Å². The molecule has 3 aromatic carbocycles. The average Bonchev–Trinajstić information content (AvgIpc) is 3.60. The minimum Gasteiger partial charge on any atom is -0.492 e. The first kappa shape index (κ1) is 27.7. The van der Waals surface area contributed by atoms with E-state index in [1.807, 2.05) is 53.2 Å². The molecule has 1 fully saturated rings. The zero-order chi connectivity index (χ0) is 29.1. The summed E-state index contributed by atoms with van der Waals surface area (Å²) in [5.41, 5.74) is 2.89. The van der Waals surface area contributed by atoms with E-state index in [0.717, 1.165) is 54.7 Å². The molecule has 1 aliphatic heterocycles. The van der Waals surface area contributed by atoms with Crippen molar-refractivity contribution in [1.82, 2.24) is 24.8 Å². The first-order chi connectivity index (χ1) is 20.3. The lowest BCUT2D eigenvalue weighted by molar-refractivity contribution is -0.274. The highest BCUT2D eigenvalue weighted by atomic mass is 19.4. The van der Waals surface area contributed by atoms with Crippen molar-refractivity contribution >= 4 is 10.9 Å². The van der Waals surface area contributed by atoms with Gasteiger partial charge in [-0.15, -0.1) is 13.2 Å². The summed E-state index contributed by atoms with van der Waals surface area (Å²) in [5.74, 6) is 0.870. The number of nitrogens with zero attached hydrogens (tertiary/aromatic N) is 5. The molecule has 42 heavy (non-hydrogen) atoms. The van der Waals surface area contributed by atoms with Gasteiger partial charge in [0.05, 0.1) is 18.2 Å². The van der Waals surface area contributed by atoms with Crippen molar-refractivity contribution in [3.63, 3.8) is 0 Å². The van der Waals surface area contributed by atoms with Gasteiger partial charge in [0, 0.05) is 30.6 Å². The lowest BCUT2D eigenvalue weighted by Crippen LogP contribution is -2.38. The Kier molecular flexibility index (Phi) is 7.81. The van der Waals surface area contributed by atoms with Gasteiger partial charge in [-0.3, -0.25) is 9.58 Å². The van der Waals surface area contributed by atoms with Crippen LogP contribution in [-0.4, -0.2) is 68.6 Å². The van der Waals surface area contributed by atoms with E-state index in [4.69, 9.17) is 14.4 Å². The van der Waals surface area contributed by atoms with E-state index in [2.05, 4.69) is 19.8 Å². The molecule has 1 aliphatic rings. The maximum absolute atomic E-state index is 12.5. The monoisotopic (exact) mass is 579 g/mol. The predicted molar refractivity (Wildman–Crippen MR) is 148 cm³/mol. The largest absolute Gasteiger partial charge is 0.573 e. The molecular weight excluding hydrogens is 551 g/mol. The van der Waals surface area contributed by atoms with Gasteiger partial charge < -0.3 is 19.1 Å². The third kappa shape index (κ3) is 6.55. The second kappa shape index (κ2) is 11.8. The molecule has 0 amide bonds. The zero-order valence-electron chi connectivity index (χ0n) is 22.5. The molecule has 0 atom stereocenters. The number of hydrogen-bond donors (Lipinski definition) is 1. The van der Waals surface area contributed by atoms with Crippen LogP contribution in [0.15, 0.2) is 77.3 Å². The van der Waals surface area contributed by atoms with E-state index in [0.29, 0.717) is 24.4 Å². The number of benzene rings is 3. The Morgan fingerprint density at radius 1 is 0.929 bits per heavy atom. The number of hydrogen-bond acceptors (Lipinski definition) is 8. The van der Waals surface area contributed by atoms with Crippen molar-refractivity contribution in [2.75, 3.05) is 26.2 Å². The van der Waals surface area contributed by atoms with Gasteiger partial charge in [-0.2, -0.15) is 10.1 Å².